The summed E-state index contributed by atoms with van der Waals surface area (Å²) in [6.45, 7) is 1.89. The Balaban J connectivity index is 1.59. The number of hydrogen-bond donors (Lipinski definition) is 1. The molecule has 1 amide bonds. The summed E-state index contributed by atoms with van der Waals surface area (Å²) in [4.78, 5) is 12.2. The van der Waals surface area contributed by atoms with Crippen LogP contribution >= 0.6 is 15.9 Å². The van der Waals surface area contributed by atoms with Crippen LogP contribution in [0.1, 0.15) is 30.4 Å². The molecule has 2 aromatic rings. The average Bonchev–Trinajstić information content (AvgIpc) is 3.34. The predicted molar refractivity (Wildman–Crippen MR) is 91.8 cm³/mol. The highest BCUT2D eigenvalue weighted by molar-refractivity contribution is 9.10. The van der Waals surface area contributed by atoms with E-state index in [-0.39, 0.29) is 11.8 Å². The number of amides is 1. The fourth-order valence-corrected chi connectivity index (χ4v) is 2.80. The molecule has 0 bridgehead atoms. The second-order valence-corrected chi connectivity index (χ2v) is 6.46. The SMILES string of the molecule is C/C(=N\NC(=O)[C@@H]1C[C@H]1c1ccccc1)c1ccc(Br)cc1. The minimum Gasteiger partial charge on any atom is -0.273 e. The largest absolute Gasteiger partial charge is 0.273 e. The molecule has 1 N–H and O–H groups in total. The van der Waals surface area contributed by atoms with Crippen LogP contribution in [0.3, 0.4) is 0 Å². The molecule has 3 nitrogen and oxygen atoms in total. The predicted octanol–water partition coefficient (Wildman–Crippen LogP) is 4.09. The van der Waals surface area contributed by atoms with Gasteiger partial charge in [0, 0.05) is 10.4 Å². The van der Waals surface area contributed by atoms with Crippen LogP contribution < -0.4 is 5.43 Å². The molecule has 22 heavy (non-hydrogen) atoms. The highest BCUT2D eigenvalue weighted by Gasteiger charge is 2.43. The van der Waals surface area contributed by atoms with Crippen molar-refractivity contribution in [2.75, 3.05) is 0 Å². The second kappa shape index (κ2) is 6.44. The smallest absolute Gasteiger partial charge is 0.243 e. The summed E-state index contributed by atoms with van der Waals surface area (Å²) in [5.74, 6) is 0.388. The lowest BCUT2D eigenvalue weighted by atomic mass is 10.1. The van der Waals surface area contributed by atoms with Crippen LogP contribution in [0, 0.1) is 5.92 Å². The van der Waals surface area contributed by atoms with Gasteiger partial charge in [0.15, 0.2) is 0 Å². The molecular weight excluding hydrogens is 340 g/mol. The van der Waals surface area contributed by atoms with Crippen molar-refractivity contribution in [1.82, 2.24) is 5.43 Å². The zero-order valence-corrected chi connectivity index (χ0v) is 13.9. The maximum atomic E-state index is 12.2. The zero-order chi connectivity index (χ0) is 15.5. The van der Waals surface area contributed by atoms with Crippen LogP contribution in [-0.4, -0.2) is 11.6 Å². The zero-order valence-electron chi connectivity index (χ0n) is 12.3. The maximum Gasteiger partial charge on any atom is 0.243 e. The molecule has 0 aliphatic heterocycles. The van der Waals surface area contributed by atoms with E-state index in [9.17, 15) is 4.79 Å². The molecule has 1 aliphatic rings. The van der Waals surface area contributed by atoms with Gasteiger partial charge in [0.2, 0.25) is 5.91 Å². The number of nitrogens with zero attached hydrogens (tertiary/aromatic N) is 1. The summed E-state index contributed by atoms with van der Waals surface area (Å²) in [6.07, 6.45) is 0.905. The first-order valence-corrected chi connectivity index (χ1v) is 8.09. The van der Waals surface area contributed by atoms with E-state index in [0.29, 0.717) is 5.92 Å². The average molecular weight is 357 g/mol. The molecule has 2 aromatic carbocycles. The van der Waals surface area contributed by atoms with E-state index in [1.165, 1.54) is 5.56 Å². The van der Waals surface area contributed by atoms with Crippen molar-refractivity contribution in [2.24, 2.45) is 11.0 Å². The first-order chi connectivity index (χ1) is 10.6. The fourth-order valence-electron chi connectivity index (χ4n) is 2.53. The summed E-state index contributed by atoms with van der Waals surface area (Å²) in [5, 5.41) is 4.22. The lowest BCUT2D eigenvalue weighted by molar-refractivity contribution is -0.122. The van der Waals surface area contributed by atoms with Crippen molar-refractivity contribution >= 4 is 27.5 Å². The van der Waals surface area contributed by atoms with Crippen LogP contribution in [0.4, 0.5) is 0 Å². The molecule has 2 atom stereocenters. The molecule has 3 rings (SSSR count). The van der Waals surface area contributed by atoms with E-state index in [1.54, 1.807) is 0 Å². The van der Waals surface area contributed by atoms with Gasteiger partial charge in [-0.25, -0.2) is 5.43 Å². The summed E-state index contributed by atoms with van der Waals surface area (Å²) >= 11 is 3.40. The summed E-state index contributed by atoms with van der Waals surface area (Å²) < 4.78 is 1.02. The Kier molecular flexibility index (Phi) is 4.39. The van der Waals surface area contributed by atoms with Gasteiger partial charge in [-0.2, -0.15) is 5.10 Å². The molecule has 4 heteroatoms. The van der Waals surface area contributed by atoms with Gasteiger partial charge < -0.3 is 0 Å². The summed E-state index contributed by atoms with van der Waals surface area (Å²) in [7, 11) is 0. The van der Waals surface area contributed by atoms with Crippen molar-refractivity contribution in [3.8, 4) is 0 Å². The molecule has 0 radical (unpaired) electrons. The minimum absolute atomic E-state index is 0.00492. The third-order valence-electron chi connectivity index (χ3n) is 3.95. The Morgan fingerprint density at radius 1 is 1.14 bits per heavy atom. The first kappa shape index (κ1) is 15.0. The number of hydrazone groups is 1. The quantitative estimate of drug-likeness (QED) is 0.650. The number of benzene rings is 2. The molecule has 0 heterocycles. The Hall–Kier alpha value is -1.94. The van der Waals surface area contributed by atoms with Crippen molar-refractivity contribution in [3.05, 3.63) is 70.2 Å². The van der Waals surface area contributed by atoms with E-state index < -0.39 is 0 Å². The van der Waals surface area contributed by atoms with Gasteiger partial charge in [0.05, 0.1) is 5.71 Å². The molecule has 0 unspecified atom stereocenters. The van der Waals surface area contributed by atoms with Gasteiger partial charge in [-0.3, -0.25) is 4.79 Å². The number of hydrogen-bond acceptors (Lipinski definition) is 2. The van der Waals surface area contributed by atoms with E-state index in [2.05, 4.69) is 38.6 Å². The monoisotopic (exact) mass is 356 g/mol. The van der Waals surface area contributed by atoms with Crippen LogP contribution in [0.2, 0.25) is 0 Å². The maximum absolute atomic E-state index is 12.2. The van der Waals surface area contributed by atoms with Gasteiger partial charge in [-0.15, -0.1) is 0 Å². The molecule has 1 aliphatic carbocycles. The lowest BCUT2D eigenvalue weighted by Crippen LogP contribution is -2.21. The highest BCUT2D eigenvalue weighted by atomic mass is 79.9. The number of carbonyl (C=O) groups excluding carboxylic acids is 1. The highest BCUT2D eigenvalue weighted by Crippen LogP contribution is 2.47. The number of carbonyl (C=O) groups is 1. The Bertz CT molecular complexity index is 695. The third kappa shape index (κ3) is 3.45. The van der Waals surface area contributed by atoms with E-state index in [4.69, 9.17) is 0 Å². The normalized spacial score (nSPS) is 20.5. The topological polar surface area (TPSA) is 41.5 Å². The summed E-state index contributed by atoms with van der Waals surface area (Å²) in [6, 6.07) is 18.0. The number of nitrogens with one attached hydrogen (secondary N) is 1. The molecule has 0 aromatic heterocycles. The molecule has 1 fully saturated rings. The molecular formula is C18H17BrN2O. The minimum atomic E-state index is 0.00492. The van der Waals surface area contributed by atoms with E-state index in [1.807, 2.05) is 49.4 Å². The fraction of sp³-hybridized carbons (Fsp3) is 0.222. The Morgan fingerprint density at radius 3 is 2.50 bits per heavy atom. The van der Waals surface area contributed by atoms with Gasteiger partial charge in [-0.1, -0.05) is 58.4 Å². The van der Waals surface area contributed by atoms with Crippen LogP contribution in [0.15, 0.2) is 64.2 Å². The molecule has 0 spiro atoms. The Labute approximate surface area is 138 Å². The summed E-state index contributed by atoms with van der Waals surface area (Å²) in [5.41, 5.74) is 5.73. The van der Waals surface area contributed by atoms with Crippen molar-refractivity contribution < 1.29 is 4.79 Å². The lowest BCUT2D eigenvalue weighted by Gasteiger charge is -2.03. The van der Waals surface area contributed by atoms with Crippen molar-refractivity contribution in [2.45, 2.75) is 19.3 Å². The van der Waals surface area contributed by atoms with Crippen LogP contribution in [0.25, 0.3) is 0 Å². The number of rotatable bonds is 4. The standard InChI is InChI=1S/C18H17BrN2O/c1-12(13-7-9-15(19)10-8-13)20-21-18(22)17-11-16(17)14-5-3-2-4-6-14/h2-10,16-17H,11H2,1H3,(H,21,22)/b20-12+/t16-,17+/m0/s1. The third-order valence-corrected chi connectivity index (χ3v) is 4.48. The Morgan fingerprint density at radius 2 is 1.82 bits per heavy atom. The first-order valence-electron chi connectivity index (χ1n) is 7.30. The van der Waals surface area contributed by atoms with E-state index in [0.717, 1.165) is 22.2 Å². The van der Waals surface area contributed by atoms with Gasteiger partial charge in [-0.05, 0) is 42.5 Å². The van der Waals surface area contributed by atoms with Crippen molar-refractivity contribution in [3.63, 3.8) is 0 Å². The van der Waals surface area contributed by atoms with Crippen LogP contribution in [0.5, 0.6) is 0 Å². The van der Waals surface area contributed by atoms with Gasteiger partial charge >= 0.3 is 0 Å². The molecule has 0 saturated heterocycles. The van der Waals surface area contributed by atoms with Gasteiger partial charge in [0.1, 0.15) is 0 Å². The van der Waals surface area contributed by atoms with E-state index >= 15 is 0 Å². The second-order valence-electron chi connectivity index (χ2n) is 5.54. The van der Waals surface area contributed by atoms with Gasteiger partial charge in [0.25, 0.3) is 0 Å². The number of halogens is 1. The molecule has 1 saturated carbocycles. The van der Waals surface area contributed by atoms with Crippen molar-refractivity contribution in [1.29, 1.82) is 0 Å². The molecule has 112 valence electrons. The van der Waals surface area contributed by atoms with Crippen LogP contribution in [-0.2, 0) is 4.79 Å².